The van der Waals surface area contributed by atoms with Crippen LogP contribution >= 0.6 is 0 Å². The van der Waals surface area contributed by atoms with Crippen molar-refractivity contribution in [3.8, 4) is 5.75 Å². The molecule has 0 unspecified atom stereocenters. The first-order chi connectivity index (χ1) is 11.0. The molecular weight excluding hydrogens is 300 g/mol. The molecule has 0 saturated carbocycles. The highest BCUT2D eigenvalue weighted by molar-refractivity contribution is 5.82. The number of benzene rings is 1. The average molecular weight is 318 g/mol. The van der Waals surface area contributed by atoms with Crippen LogP contribution in [-0.2, 0) is 20.7 Å². The molecule has 0 amide bonds. The Bertz CT molecular complexity index is 774. The van der Waals surface area contributed by atoms with E-state index in [1.54, 1.807) is 18.2 Å². The second-order valence-corrected chi connectivity index (χ2v) is 5.15. The molecule has 0 aliphatic heterocycles. The molecule has 122 valence electrons. The van der Waals surface area contributed by atoms with Crippen LogP contribution in [0.5, 0.6) is 5.75 Å². The first-order valence-electron chi connectivity index (χ1n) is 7.34. The lowest BCUT2D eigenvalue weighted by molar-refractivity contribution is -0.149. The second-order valence-electron chi connectivity index (χ2n) is 5.15. The van der Waals surface area contributed by atoms with Gasteiger partial charge in [0.15, 0.2) is 12.4 Å². The van der Waals surface area contributed by atoms with Gasteiger partial charge in [-0.1, -0.05) is 13.3 Å². The minimum atomic E-state index is -0.638. The van der Waals surface area contributed by atoms with E-state index < -0.39 is 11.6 Å². The molecule has 6 heteroatoms. The lowest BCUT2D eigenvalue weighted by Crippen LogP contribution is -2.18. The van der Waals surface area contributed by atoms with E-state index in [0.29, 0.717) is 11.3 Å². The van der Waals surface area contributed by atoms with Gasteiger partial charge < -0.3 is 13.9 Å². The Morgan fingerprint density at radius 1 is 1.17 bits per heavy atom. The summed E-state index contributed by atoms with van der Waals surface area (Å²) in [5, 5.41) is 0.845. The van der Waals surface area contributed by atoms with Crippen molar-refractivity contribution in [1.29, 1.82) is 0 Å². The summed E-state index contributed by atoms with van der Waals surface area (Å²) in [5.74, 6) is -0.496. The Hall–Kier alpha value is -2.63. The summed E-state index contributed by atoms with van der Waals surface area (Å²) in [6.07, 6.45) is 1.69. The lowest BCUT2D eigenvalue weighted by Gasteiger charge is -2.08. The van der Waals surface area contributed by atoms with E-state index in [2.05, 4.69) is 0 Å². The van der Waals surface area contributed by atoms with Crippen molar-refractivity contribution in [2.75, 3.05) is 13.2 Å². The third kappa shape index (κ3) is 4.67. The molecule has 1 aromatic heterocycles. The van der Waals surface area contributed by atoms with E-state index in [1.807, 2.05) is 6.92 Å². The lowest BCUT2D eigenvalue weighted by atomic mass is 10.1. The third-order valence-corrected chi connectivity index (χ3v) is 3.11. The van der Waals surface area contributed by atoms with Gasteiger partial charge in [0.05, 0.1) is 0 Å². The van der Waals surface area contributed by atoms with Gasteiger partial charge in [-0.2, -0.15) is 0 Å². The molecule has 6 nitrogen and oxygen atoms in total. The number of carbonyl (C=O) groups is 2. The van der Waals surface area contributed by atoms with Crippen molar-refractivity contribution < 1.29 is 23.5 Å². The Kier molecular flexibility index (Phi) is 5.51. The van der Waals surface area contributed by atoms with Gasteiger partial charge in [0.1, 0.15) is 17.9 Å². The van der Waals surface area contributed by atoms with Crippen LogP contribution in [0.3, 0.4) is 0 Å². The van der Waals surface area contributed by atoms with Crippen LogP contribution < -0.4 is 10.4 Å². The number of ether oxygens (including phenoxy) is 2. The number of hydrogen-bond acceptors (Lipinski definition) is 6. The summed E-state index contributed by atoms with van der Waals surface area (Å²) in [6, 6.07) is 6.54. The zero-order chi connectivity index (χ0) is 16.8. The molecule has 0 spiro atoms. The van der Waals surface area contributed by atoms with E-state index in [1.165, 1.54) is 13.0 Å². The van der Waals surface area contributed by atoms with Crippen molar-refractivity contribution in [3.05, 3.63) is 40.2 Å². The van der Waals surface area contributed by atoms with Crippen molar-refractivity contribution in [3.63, 3.8) is 0 Å². The van der Waals surface area contributed by atoms with E-state index in [9.17, 15) is 14.4 Å². The molecule has 0 aliphatic rings. The highest BCUT2D eigenvalue weighted by Gasteiger charge is 2.09. The molecule has 1 heterocycles. The third-order valence-electron chi connectivity index (χ3n) is 3.11. The van der Waals surface area contributed by atoms with Crippen LogP contribution in [0.25, 0.3) is 11.0 Å². The topological polar surface area (TPSA) is 82.8 Å². The predicted octanol–water partition coefficient (Wildman–Crippen LogP) is 2.26. The van der Waals surface area contributed by atoms with Gasteiger partial charge in [-0.25, -0.2) is 9.59 Å². The quantitative estimate of drug-likeness (QED) is 0.575. The maximum atomic E-state index is 11.6. The van der Waals surface area contributed by atoms with Crippen LogP contribution in [0.1, 0.15) is 25.8 Å². The summed E-state index contributed by atoms with van der Waals surface area (Å²) in [4.78, 5) is 33.7. The second kappa shape index (κ2) is 7.58. The number of esters is 1. The number of carbonyl (C=O) groups excluding carboxylic acids is 2. The molecule has 23 heavy (non-hydrogen) atoms. The summed E-state index contributed by atoms with van der Waals surface area (Å²) < 4.78 is 15.2. The number of hydrogen-bond donors (Lipinski definition) is 0. The van der Waals surface area contributed by atoms with Crippen LogP contribution in [-0.4, -0.2) is 25.0 Å². The number of rotatable bonds is 7. The molecule has 0 N–H and O–H groups in total. The average Bonchev–Trinajstić information content (AvgIpc) is 2.50. The molecule has 0 bridgehead atoms. The normalized spacial score (nSPS) is 10.5. The molecule has 2 rings (SSSR count). The number of Topliss-reactive ketones (excluding diaryl/α,β-unsaturated/α-hetero) is 1. The Morgan fingerprint density at radius 3 is 2.65 bits per heavy atom. The maximum Gasteiger partial charge on any atom is 0.344 e. The van der Waals surface area contributed by atoms with Gasteiger partial charge in [0.25, 0.3) is 0 Å². The summed E-state index contributed by atoms with van der Waals surface area (Å²) in [6.45, 7) is 2.77. The largest absolute Gasteiger partial charge is 0.482 e. The van der Waals surface area contributed by atoms with Crippen molar-refractivity contribution in [2.24, 2.45) is 0 Å². The standard InChI is InChI=1S/C17H18O6/c1-3-4-12-7-16(19)23-15-8-13(5-6-14(12)15)21-10-17(20)22-9-11(2)18/h5-8H,3-4,9-10H2,1-2H3. The Morgan fingerprint density at radius 2 is 1.96 bits per heavy atom. The van der Waals surface area contributed by atoms with Gasteiger partial charge in [-0.3, -0.25) is 4.79 Å². The predicted molar refractivity (Wildman–Crippen MR) is 83.6 cm³/mol. The fraction of sp³-hybridized carbons (Fsp3) is 0.353. The van der Waals surface area contributed by atoms with Gasteiger partial charge in [0.2, 0.25) is 0 Å². The SMILES string of the molecule is CCCc1cc(=O)oc2cc(OCC(=O)OCC(C)=O)ccc12. The summed E-state index contributed by atoms with van der Waals surface area (Å²) in [5.41, 5.74) is 0.917. The number of fused-ring (bicyclic) bond motifs is 1. The fourth-order valence-electron chi connectivity index (χ4n) is 2.14. The minimum Gasteiger partial charge on any atom is -0.482 e. The van der Waals surface area contributed by atoms with Crippen molar-refractivity contribution in [1.82, 2.24) is 0 Å². The highest BCUT2D eigenvalue weighted by atomic mass is 16.6. The zero-order valence-corrected chi connectivity index (χ0v) is 13.1. The molecule has 0 radical (unpaired) electrons. The van der Waals surface area contributed by atoms with Crippen LogP contribution in [0.4, 0.5) is 0 Å². The summed E-state index contributed by atoms with van der Waals surface area (Å²) >= 11 is 0. The fourth-order valence-corrected chi connectivity index (χ4v) is 2.14. The van der Waals surface area contributed by atoms with Crippen LogP contribution in [0.2, 0.25) is 0 Å². The van der Waals surface area contributed by atoms with Crippen molar-refractivity contribution >= 4 is 22.7 Å². The molecule has 0 saturated heterocycles. The van der Waals surface area contributed by atoms with Gasteiger partial charge in [-0.15, -0.1) is 0 Å². The summed E-state index contributed by atoms with van der Waals surface area (Å²) in [7, 11) is 0. The van der Waals surface area contributed by atoms with Gasteiger partial charge >= 0.3 is 11.6 Å². The van der Waals surface area contributed by atoms with Crippen LogP contribution in [0, 0.1) is 0 Å². The molecule has 2 aromatic rings. The number of aryl methyl sites for hydroxylation is 1. The first kappa shape index (κ1) is 16.7. The van der Waals surface area contributed by atoms with Gasteiger partial charge in [0, 0.05) is 17.5 Å². The van der Waals surface area contributed by atoms with E-state index in [-0.39, 0.29) is 19.0 Å². The first-order valence-corrected chi connectivity index (χ1v) is 7.34. The van der Waals surface area contributed by atoms with Gasteiger partial charge in [-0.05, 0) is 31.0 Å². The monoisotopic (exact) mass is 318 g/mol. The maximum absolute atomic E-state index is 11.6. The molecule has 0 atom stereocenters. The minimum absolute atomic E-state index is 0.241. The molecule has 1 aromatic carbocycles. The van der Waals surface area contributed by atoms with E-state index >= 15 is 0 Å². The molecule has 0 aliphatic carbocycles. The Balaban J connectivity index is 2.12. The smallest absolute Gasteiger partial charge is 0.344 e. The zero-order valence-electron chi connectivity index (χ0n) is 13.1. The molecule has 0 fully saturated rings. The van der Waals surface area contributed by atoms with E-state index in [0.717, 1.165) is 23.8 Å². The Labute approximate surface area is 133 Å². The van der Waals surface area contributed by atoms with Crippen LogP contribution in [0.15, 0.2) is 33.5 Å². The number of ketones is 1. The van der Waals surface area contributed by atoms with E-state index in [4.69, 9.17) is 13.9 Å². The highest BCUT2D eigenvalue weighted by Crippen LogP contribution is 2.23. The van der Waals surface area contributed by atoms with Crippen molar-refractivity contribution in [2.45, 2.75) is 26.7 Å². The molecular formula is C17H18O6.